The zero-order valence-corrected chi connectivity index (χ0v) is 18.4. The lowest BCUT2D eigenvalue weighted by atomic mass is 10.1. The first-order chi connectivity index (χ1) is 16.3. The Hall–Kier alpha value is -3.62. The SMILES string of the molecule is O=C(NCCCN1CCOCC1)c1ccc(-c2cnc3ccc(-c4ccncc4)nn23)cc1. The molecular weight excluding hydrogens is 416 g/mol. The molecule has 33 heavy (non-hydrogen) atoms. The third-order valence-corrected chi connectivity index (χ3v) is 5.82. The van der Waals surface area contributed by atoms with Crippen molar-refractivity contribution < 1.29 is 9.53 Å². The second kappa shape index (κ2) is 9.89. The van der Waals surface area contributed by atoms with Crippen LogP contribution < -0.4 is 5.32 Å². The molecule has 0 radical (unpaired) electrons. The van der Waals surface area contributed by atoms with Crippen molar-refractivity contribution in [3.63, 3.8) is 0 Å². The molecule has 4 heterocycles. The number of nitrogens with one attached hydrogen (secondary N) is 1. The average Bonchev–Trinajstić information content (AvgIpc) is 3.31. The van der Waals surface area contributed by atoms with Crippen LogP contribution in [0.5, 0.6) is 0 Å². The highest BCUT2D eigenvalue weighted by Gasteiger charge is 2.12. The highest BCUT2D eigenvalue weighted by Crippen LogP contribution is 2.23. The third kappa shape index (κ3) is 4.92. The van der Waals surface area contributed by atoms with Crippen LogP contribution in [0.2, 0.25) is 0 Å². The number of nitrogens with zero attached hydrogens (tertiary/aromatic N) is 5. The highest BCUT2D eigenvalue weighted by molar-refractivity contribution is 5.94. The van der Waals surface area contributed by atoms with Gasteiger partial charge in [-0.2, -0.15) is 5.10 Å². The molecule has 0 unspecified atom stereocenters. The standard InChI is InChI=1S/C25H26N6O2/c32-25(27-10-1-13-30-14-16-33-17-15-30)21-4-2-20(3-5-21)23-18-28-24-7-6-22(29-31(23)24)19-8-11-26-12-9-19/h2-9,11-12,18H,1,10,13-17H2,(H,27,32). The fourth-order valence-electron chi connectivity index (χ4n) is 3.97. The van der Waals surface area contributed by atoms with Crippen LogP contribution in [0.1, 0.15) is 16.8 Å². The lowest BCUT2D eigenvalue weighted by molar-refractivity contribution is 0.0374. The van der Waals surface area contributed by atoms with Crippen molar-refractivity contribution in [1.82, 2.24) is 29.8 Å². The Morgan fingerprint density at radius 2 is 1.76 bits per heavy atom. The van der Waals surface area contributed by atoms with Crippen molar-refractivity contribution in [2.75, 3.05) is 39.4 Å². The smallest absolute Gasteiger partial charge is 0.251 e. The molecule has 0 bridgehead atoms. The summed E-state index contributed by atoms with van der Waals surface area (Å²) in [5.41, 5.74) is 5.07. The third-order valence-electron chi connectivity index (χ3n) is 5.82. The monoisotopic (exact) mass is 442 g/mol. The average molecular weight is 443 g/mol. The summed E-state index contributed by atoms with van der Waals surface area (Å²) in [5, 5.41) is 7.78. The Morgan fingerprint density at radius 1 is 0.970 bits per heavy atom. The predicted octanol–water partition coefficient (Wildman–Crippen LogP) is 2.91. The minimum atomic E-state index is -0.0558. The Labute approximate surface area is 192 Å². The van der Waals surface area contributed by atoms with Gasteiger partial charge in [0.05, 0.1) is 30.8 Å². The van der Waals surface area contributed by atoms with Crippen LogP contribution in [0.15, 0.2) is 67.1 Å². The minimum Gasteiger partial charge on any atom is -0.379 e. The molecule has 5 rings (SSSR count). The fraction of sp³-hybridized carbons (Fsp3) is 0.280. The van der Waals surface area contributed by atoms with Gasteiger partial charge < -0.3 is 10.1 Å². The number of benzene rings is 1. The summed E-state index contributed by atoms with van der Waals surface area (Å²) in [5.74, 6) is -0.0558. The summed E-state index contributed by atoms with van der Waals surface area (Å²) < 4.78 is 7.19. The molecule has 168 valence electrons. The van der Waals surface area contributed by atoms with E-state index in [1.165, 1.54) is 0 Å². The molecule has 8 nitrogen and oxygen atoms in total. The zero-order valence-electron chi connectivity index (χ0n) is 18.4. The van der Waals surface area contributed by atoms with Crippen LogP contribution in [-0.4, -0.2) is 69.8 Å². The number of ether oxygens (including phenoxy) is 1. The lowest BCUT2D eigenvalue weighted by Gasteiger charge is -2.26. The number of carbonyl (C=O) groups is 1. The van der Waals surface area contributed by atoms with Crippen LogP contribution in [0.3, 0.4) is 0 Å². The van der Waals surface area contributed by atoms with Crippen molar-refractivity contribution in [2.45, 2.75) is 6.42 Å². The molecule has 3 aromatic heterocycles. The first kappa shape index (κ1) is 21.2. The van der Waals surface area contributed by atoms with Crippen molar-refractivity contribution in [3.8, 4) is 22.5 Å². The minimum absolute atomic E-state index is 0.0558. The summed E-state index contributed by atoms with van der Waals surface area (Å²) in [4.78, 5) is 23.4. The van der Waals surface area contributed by atoms with Gasteiger partial charge in [-0.25, -0.2) is 9.50 Å². The van der Waals surface area contributed by atoms with E-state index in [0.717, 1.165) is 67.4 Å². The molecule has 8 heteroatoms. The molecule has 1 saturated heterocycles. The molecule has 1 amide bonds. The molecular formula is C25H26N6O2. The second-order valence-corrected chi connectivity index (χ2v) is 8.01. The highest BCUT2D eigenvalue weighted by atomic mass is 16.5. The summed E-state index contributed by atoms with van der Waals surface area (Å²) in [7, 11) is 0. The van der Waals surface area contributed by atoms with Gasteiger partial charge in [-0.05, 0) is 49.4 Å². The van der Waals surface area contributed by atoms with Crippen LogP contribution in [0.25, 0.3) is 28.2 Å². The number of rotatable bonds is 7. The van der Waals surface area contributed by atoms with E-state index in [1.807, 2.05) is 53.0 Å². The van der Waals surface area contributed by atoms with Crippen molar-refractivity contribution in [2.24, 2.45) is 0 Å². The number of aromatic nitrogens is 4. The van der Waals surface area contributed by atoms with E-state index in [2.05, 4.69) is 20.2 Å². The summed E-state index contributed by atoms with van der Waals surface area (Å²) in [6.45, 7) is 5.17. The lowest BCUT2D eigenvalue weighted by Crippen LogP contribution is -2.38. The number of amides is 1. The van der Waals surface area contributed by atoms with Crippen molar-refractivity contribution in [1.29, 1.82) is 0 Å². The van der Waals surface area contributed by atoms with E-state index in [9.17, 15) is 4.79 Å². The largest absolute Gasteiger partial charge is 0.379 e. The number of imidazole rings is 1. The summed E-state index contributed by atoms with van der Waals surface area (Å²) >= 11 is 0. The topological polar surface area (TPSA) is 84.7 Å². The molecule has 1 aromatic carbocycles. The van der Waals surface area contributed by atoms with E-state index < -0.39 is 0 Å². The quantitative estimate of drug-likeness (QED) is 0.443. The Kier molecular flexibility index (Phi) is 6.37. The van der Waals surface area contributed by atoms with Gasteiger partial charge in [-0.15, -0.1) is 0 Å². The maximum atomic E-state index is 12.5. The van der Waals surface area contributed by atoms with Crippen molar-refractivity contribution >= 4 is 11.6 Å². The van der Waals surface area contributed by atoms with Gasteiger partial charge in [-0.3, -0.25) is 14.7 Å². The maximum absolute atomic E-state index is 12.5. The number of morpholine rings is 1. The number of hydrogen-bond donors (Lipinski definition) is 1. The Bertz CT molecular complexity index is 1220. The molecule has 1 fully saturated rings. The summed E-state index contributed by atoms with van der Waals surface area (Å²) in [6.07, 6.45) is 6.24. The summed E-state index contributed by atoms with van der Waals surface area (Å²) in [6, 6.07) is 15.3. The van der Waals surface area contributed by atoms with Gasteiger partial charge in [0.1, 0.15) is 0 Å². The van der Waals surface area contributed by atoms with Gasteiger partial charge in [0, 0.05) is 48.7 Å². The first-order valence-electron chi connectivity index (χ1n) is 11.2. The van der Waals surface area contributed by atoms with Crippen LogP contribution in [0.4, 0.5) is 0 Å². The Morgan fingerprint density at radius 3 is 2.55 bits per heavy atom. The number of hydrogen-bond acceptors (Lipinski definition) is 6. The van der Waals surface area contributed by atoms with Gasteiger partial charge in [0.2, 0.25) is 0 Å². The van der Waals surface area contributed by atoms with Gasteiger partial charge in [0.15, 0.2) is 5.65 Å². The van der Waals surface area contributed by atoms with Crippen LogP contribution >= 0.6 is 0 Å². The fourth-order valence-corrected chi connectivity index (χ4v) is 3.97. The molecule has 1 aliphatic heterocycles. The molecule has 0 spiro atoms. The predicted molar refractivity (Wildman–Crippen MR) is 126 cm³/mol. The van der Waals surface area contributed by atoms with Gasteiger partial charge in [-0.1, -0.05) is 12.1 Å². The van der Waals surface area contributed by atoms with E-state index >= 15 is 0 Å². The van der Waals surface area contributed by atoms with Crippen molar-refractivity contribution in [3.05, 3.63) is 72.7 Å². The van der Waals surface area contributed by atoms with Gasteiger partial charge in [0.25, 0.3) is 5.91 Å². The van der Waals surface area contributed by atoms with E-state index in [-0.39, 0.29) is 5.91 Å². The first-order valence-corrected chi connectivity index (χ1v) is 11.2. The maximum Gasteiger partial charge on any atom is 0.251 e. The number of fused-ring (bicyclic) bond motifs is 1. The molecule has 1 aliphatic rings. The van der Waals surface area contributed by atoms with E-state index in [4.69, 9.17) is 9.84 Å². The van der Waals surface area contributed by atoms with Gasteiger partial charge >= 0.3 is 0 Å². The number of carbonyl (C=O) groups excluding carboxylic acids is 1. The number of pyridine rings is 1. The molecule has 4 aromatic rings. The van der Waals surface area contributed by atoms with E-state index in [0.29, 0.717) is 12.1 Å². The molecule has 0 atom stereocenters. The zero-order chi connectivity index (χ0) is 22.5. The molecule has 0 aliphatic carbocycles. The molecule has 0 saturated carbocycles. The Balaban J connectivity index is 1.25. The van der Waals surface area contributed by atoms with Crippen LogP contribution in [0, 0.1) is 0 Å². The molecule has 1 N–H and O–H groups in total. The second-order valence-electron chi connectivity index (χ2n) is 8.01. The normalized spacial score (nSPS) is 14.4. The van der Waals surface area contributed by atoms with E-state index in [1.54, 1.807) is 18.6 Å². The van der Waals surface area contributed by atoms with Crippen LogP contribution in [-0.2, 0) is 4.74 Å².